The Kier molecular flexibility index (Phi) is 6.94. The molecule has 9 unspecified atom stereocenters. The van der Waals surface area contributed by atoms with Crippen molar-refractivity contribution in [2.75, 3.05) is 13.4 Å². The third kappa shape index (κ3) is 4.33. The lowest BCUT2D eigenvalue weighted by atomic mass is 9.58. The summed E-state index contributed by atoms with van der Waals surface area (Å²) in [6.45, 7) is 17.9. The second kappa shape index (κ2) is 9.09. The molecule has 4 fully saturated rings. The SMILES string of the molecule is CCOCOC(=O)C1CC2CC1C1C3CC(CC3OC(=O)C(CC)(CC(C)(C)C)C(C)(C)C)C21. The van der Waals surface area contributed by atoms with Gasteiger partial charge in [0.15, 0.2) is 6.79 Å². The van der Waals surface area contributed by atoms with Crippen LogP contribution in [0.25, 0.3) is 0 Å². The number of rotatable bonds is 8. The van der Waals surface area contributed by atoms with Gasteiger partial charge in [-0.15, -0.1) is 0 Å². The van der Waals surface area contributed by atoms with E-state index in [1.807, 2.05) is 6.92 Å². The predicted octanol–water partition coefficient (Wildman–Crippen LogP) is 6.24. The Balaban J connectivity index is 1.48. The van der Waals surface area contributed by atoms with E-state index in [2.05, 4.69) is 48.5 Å². The maximum atomic E-state index is 13.9. The number of hydrogen-bond donors (Lipinski definition) is 0. The average Bonchev–Trinajstić information content (AvgIpc) is 3.48. The fraction of sp³-hybridized carbons (Fsp3) is 0.931. The van der Waals surface area contributed by atoms with Crippen molar-refractivity contribution >= 4 is 11.9 Å². The number of carbonyl (C=O) groups excluding carboxylic acids is 2. The third-order valence-corrected chi connectivity index (χ3v) is 10.1. The summed E-state index contributed by atoms with van der Waals surface area (Å²) in [5.74, 6) is 3.21. The van der Waals surface area contributed by atoms with Crippen molar-refractivity contribution in [2.24, 2.45) is 57.7 Å². The molecule has 5 nitrogen and oxygen atoms in total. The van der Waals surface area contributed by atoms with E-state index < -0.39 is 5.41 Å². The molecule has 0 aromatic rings. The van der Waals surface area contributed by atoms with Crippen molar-refractivity contribution in [3.05, 3.63) is 0 Å². The Morgan fingerprint density at radius 2 is 1.50 bits per heavy atom. The first-order chi connectivity index (χ1) is 15.8. The van der Waals surface area contributed by atoms with Crippen molar-refractivity contribution in [3.8, 4) is 0 Å². The minimum Gasteiger partial charge on any atom is -0.462 e. The second-order valence-corrected chi connectivity index (χ2v) is 14.0. The van der Waals surface area contributed by atoms with Gasteiger partial charge in [0.1, 0.15) is 6.10 Å². The molecule has 4 bridgehead atoms. The van der Waals surface area contributed by atoms with Crippen molar-refractivity contribution in [2.45, 2.75) is 100 Å². The molecule has 0 radical (unpaired) electrons. The van der Waals surface area contributed by atoms with E-state index >= 15 is 0 Å². The Bertz CT molecular complexity index is 776. The van der Waals surface area contributed by atoms with Crippen LogP contribution in [0.5, 0.6) is 0 Å². The van der Waals surface area contributed by atoms with Gasteiger partial charge in [-0.3, -0.25) is 9.59 Å². The van der Waals surface area contributed by atoms with Crippen LogP contribution < -0.4 is 0 Å². The van der Waals surface area contributed by atoms with Crippen LogP contribution >= 0.6 is 0 Å². The Labute approximate surface area is 207 Å². The van der Waals surface area contributed by atoms with E-state index in [4.69, 9.17) is 14.2 Å². The molecule has 5 heteroatoms. The molecule has 0 heterocycles. The van der Waals surface area contributed by atoms with E-state index in [9.17, 15) is 9.59 Å². The molecule has 0 saturated heterocycles. The number of hydrogen-bond acceptors (Lipinski definition) is 5. The second-order valence-electron chi connectivity index (χ2n) is 14.0. The van der Waals surface area contributed by atoms with Gasteiger partial charge in [0.05, 0.1) is 11.3 Å². The zero-order chi connectivity index (χ0) is 25.1. The van der Waals surface area contributed by atoms with E-state index in [0.717, 1.165) is 38.5 Å². The summed E-state index contributed by atoms with van der Waals surface area (Å²) in [6.07, 6.45) is 5.91. The largest absolute Gasteiger partial charge is 0.462 e. The lowest BCUT2D eigenvalue weighted by Crippen LogP contribution is -2.49. The van der Waals surface area contributed by atoms with Crippen molar-refractivity contribution in [3.63, 3.8) is 0 Å². The fourth-order valence-electron chi connectivity index (χ4n) is 8.84. The first-order valence-electron chi connectivity index (χ1n) is 13.8. The topological polar surface area (TPSA) is 61.8 Å². The normalized spacial score (nSPS) is 38.0. The zero-order valence-corrected chi connectivity index (χ0v) is 22.8. The van der Waals surface area contributed by atoms with Crippen LogP contribution in [0, 0.1) is 57.7 Å². The standard InChI is InChI=1S/C29H48O5/c1-9-29(28(6,7)8,15-27(3,4)5)26(31)34-22-14-18-13-21(22)24-19-11-17(23(18)24)12-20(19)25(30)33-16-32-10-2/h17-24H,9-16H2,1-8H3. The quantitative estimate of drug-likeness (QED) is 0.179. The van der Waals surface area contributed by atoms with Crippen LogP contribution in [-0.4, -0.2) is 31.4 Å². The van der Waals surface area contributed by atoms with E-state index in [0.29, 0.717) is 42.1 Å². The molecule has 4 aliphatic carbocycles. The van der Waals surface area contributed by atoms with Crippen LogP contribution in [0.4, 0.5) is 0 Å². The van der Waals surface area contributed by atoms with Crippen LogP contribution in [0.1, 0.15) is 93.9 Å². The minimum absolute atomic E-state index is 0.00218. The first-order valence-corrected chi connectivity index (χ1v) is 13.8. The number of ether oxygens (including phenoxy) is 3. The summed E-state index contributed by atoms with van der Waals surface area (Å²) in [7, 11) is 0. The van der Waals surface area contributed by atoms with Crippen molar-refractivity contribution < 1.29 is 23.8 Å². The Morgan fingerprint density at radius 1 is 0.853 bits per heavy atom. The highest BCUT2D eigenvalue weighted by Gasteiger charge is 2.67. The van der Waals surface area contributed by atoms with Crippen LogP contribution in [0.15, 0.2) is 0 Å². The molecule has 0 aliphatic heterocycles. The van der Waals surface area contributed by atoms with Crippen LogP contribution in [0.2, 0.25) is 0 Å². The number of esters is 2. The summed E-state index contributed by atoms with van der Waals surface area (Å²) in [4.78, 5) is 26.7. The van der Waals surface area contributed by atoms with Gasteiger partial charge in [-0.1, -0.05) is 48.5 Å². The molecule has 4 aliphatic rings. The summed E-state index contributed by atoms with van der Waals surface area (Å²) in [5, 5.41) is 0. The predicted molar refractivity (Wildman–Crippen MR) is 132 cm³/mol. The summed E-state index contributed by atoms with van der Waals surface area (Å²) < 4.78 is 17.2. The smallest absolute Gasteiger partial charge is 0.312 e. The van der Waals surface area contributed by atoms with Gasteiger partial charge in [-0.25, -0.2) is 0 Å². The summed E-state index contributed by atoms with van der Waals surface area (Å²) >= 11 is 0. The third-order valence-electron chi connectivity index (χ3n) is 10.1. The molecule has 0 amide bonds. The lowest BCUT2D eigenvalue weighted by Gasteiger charge is -2.47. The lowest BCUT2D eigenvalue weighted by molar-refractivity contribution is -0.179. The highest BCUT2D eigenvalue weighted by atomic mass is 16.7. The molecule has 9 atom stereocenters. The van der Waals surface area contributed by atoms with Crippen molar-refractivity contribution in [1.29, 1.82) is 0 Å². The van der Waals surface area contributed by atoms with E-state index in [1.165, 1.54) is 0 Å². The van der Waals surface area contributed by atoms with Gasteiger partial charge in [-0.05, 0) is 91.8 Å². The summed E-state index contributed by atoms with van der Waals surface area (Å²) in [6, 6.07) is 0. The fourth-order valence-corrected chi connectivity index (χ4v) is 8.84. The van der Waals surface area contributed by atoms with Crippen LogP contribution in [-0.2, 0) is 23.8 Å². The van der Waals surface area contributed by atoms with Gasteiger partial charge >= 0.3 is 11.9 Å². The maximum absolute atomic E-state index is 13.9. The van der Waals surface area contributed by atoms with Gasteiger partial charge in [-0.2, -0.15) is 0 Å². The minimum atomic E-state index is -0.493. The highest BCUT2D eigenvalue weighted by Crippen LogP contribution is 2.69. The monoisotopic (exact) mass is 476 g/mol. The van der Waals surface area contributed by atoms with Gasteiger partial charge < -0.3 is 14.2 Å². The average molecular weight is 477 g/mol. The number of carbonyl (C=O) groups is 2. The first kappa shape index (κ1) is 26.0. The summed E-state index contributed by atoms with van der Waals surface area (Å²) in [5.41, 5.74) is -0.622. The molecule has 0 aromatic heterocycles. The molecule has 4 rings (SSSR count). The molecule has 0 aromatic carbocycles. The van der Waals surface area contributed by atoms with E-state index in [-0.39, 0.29) is 41.6 Å². The Hall–Kier alpha value is -1.10. The zero-order valence-electron chi connectivity index (χ0n) is 22.8. The van der Waals surface area contributed by atoms with Crippen LogP contribution in [0.3, 0.4) is 0 Å². The molecular formula is C29H48O5. The number of fused-ring (bicyclic) bond motifs is 9. The van der Waals surface area contributed by atoms with Gasteiger partial charge in [0, 0.05) is 6.61 Å². The maximum Gasteiger partial charge on any atom is 0.312 e. The molecule has 194 valence electrons. The molecule has 34 heavy (non-hydrogen) atoms. The van der Waals surface area contributed by atoms with Gasteiger partial charge in [0.2, 0.25) is 0 Å². The molecule has 4 saturated carbocycles. The van der Waals surface area contributed by atoms with Gasteiger partial charge in [0.25, 0.3) is 0 Å². The molecule has 0 N–H and O–H groups in total. The van der Waals surface area contributed by atoms with E-state index in [1.54, 1.807) is 0 Å². The Morgan fingerprint density at radius 3 is 2.09 bits per heavy atom. The molecule has 0 spiro atoms. The molecular weight excluding hydrogens is 428 g/mol. The highest BCUT2D eigenvalue weighted by molar-refractivity contribution is 5.78. The van der Waals surface area contributed by atoms with Crippen molar-refractivity contribution in [1.82, 2.24) is 0 Å².